The van der Waals surface area contributed by atoms with Gasteiger partial charge in [-0.3, -0.25) is 10.1 Å². The van der Waals surface area contributed by atoms with Crippen LogP contribution in [0.1, 0.15) is 5.56 Å². The molecule has 7 nitrogen and oxygen atoms in total. The number of hydrogen-bond acceptors (Lipinski definition) is 5. The van der Waals surface area contributed by atoms with Crippen LogP contribution in [-0.2, 0) is 10.0 Å². The molecule has 26 heavy (non-hydrogen) atoms. The first kappa shape index (κ1) is 19.9. The standard InChI is InChI=1S/C17H15BrN2O5S/c1-13-7-8-15(20(21)22)12-17(13)26(23,24)19-9-2-3-10-25-16-6-4-5-14(18)11-16/h4-8,11-12,19H,9-10H2,1H3. The molecule has 2 aromatic rings. The second-order valence-corrected chi connectivity index (χ2v) is 7.78. The number of benzene rings is 2. The minimum absolute atomic E-state index is 0.105. The minimum Gasteiger partial charge on any atom is -0.481 e. The summed E-state index contributed by atoms with van der Waals surface area (Å²) < 4.78 is 33.2. The van der Waals surface area contributed by atoms with Crippen LogP contribution in [0.3, 0.4) is 0 Å². The SMILES string of the molecule is Cc1ccc([N+](=O)[O-])cc1S(=O)(=O)NCC#CCOc1cccc(Br)c1. The number of rotatable bonds is 6. The van der Waals surface area contributed by atoms with Crippen molar-refractivity contribution >= 4 is 31.6 Å². The van der Waals surface area contributed by atoms with E-state index in [-0.39, 0.29) is 23.7 Å². The maximum absolute atomic E-state index is 12.3. The largest absolute Gasteiger partial charge is 0.481 e. The van der Waals surface area contributed by atoms with E-state index in [1.54, 1.807) is 19.1 Å². The minimum atomic E-state index is -3.90. The molecule has 0 aromatic heterocycles. The Bertz CT molecular complexity index is 980. The summed E-state index contributed by atoms with van der Waals surface area (Å²) in [4.78, 5) is 10.0. The molecule has 2 aromatic carbocycles. The molecule has 0 heterocycles. The number of hydrogen-bond donors (Lipinski definition) is 1. The van der Waals surface area contributed by atoms with Crippen LogP contribution in [-0.4, -0.2) is 26.5 Å². The first-order chi connectivity index (χ1) is 12.3. The quantitative estimate of drug-likeness (QED) is 0.424. The summed E-state index contributed by atoms with van der Waals surface area (Å²) in [6.07, 6.45) is 0. The van der Waals surface area contributed by atoms with Gasteiger partial charge in [-0.2, -0.15) is 4.72 Å². The lowest BCUT2D eigenvalue weighted by Crippen LogP contribution is -2.25. The molecule has 0 fully saturated rings. The molecule has 0 radical (unpaired) electrons. The Morgan fingerprint density at radius 2 is 2.00 bits per heavy atom. The molecule has 0 atom stereocenters. The van der Waals surface area contributed by atoms with Crippen molar-refractivity contribution in [2.24, 2.45) is 0 Å². The zero-order chi connectivity index (χ0) is 19.2. The van der Waals surface area contributed by atoms with Crippen LogP contribution in [0, 0.1) is 28.9 Å². The number of nitro groups is 1. The summed E-state index contributed by atoms with van der Waals surface area (Å²) in [5, 5.41) is 10.8. The van der Waals surface area contributed by atoms with E-state index < -0.39 is 14.9 Å². The van der Waals surface area contributed by atoms with Crippen LogP contribution >= 0.6 is 15.9 Å². The van der Waals surface area contributed by atoms with Gasteiger partial charge in [-0.25, -0.2) is 8.42 Å². The molecular weight excluding hydrogens is 424 g/mol. The fraction of sp³-hybridized carbons (Fsp3) is 0.176. The summed E-state index contributed by atoms with van der Waals surface area (Å²) in [5.74, 6) is 5.98. The van der Waals surface area contributed by atoms with Crippen LogP contribution < -0.4 is 9.46 Å². The van der Waals surface area contributed by atoms with Crippen molar-refractivity contribution < 1.29 is 18.1 Å². The van der Waals surface area contributed by atoms with Gasteiger partial charge in [0, 0.05) is 16.6 Å². The summed E-state index contributed by atoms with van der Waals surface area (Å²) >= 11 is 3.32. The van der Waals surface area contributed by atoms with E-state index in [1.165, 1.54) is 12.1 Å². The highest BCUT2D eigenvalue weighted by Crippen LogP contribution is 2.21. The molecule has 0 spiro atoms. The van der Waals surface area contributed by atoms with Gasteiger partial charge in [0.15, 0.2) is 0 Å². The van der Waals surface area contributed by atoms with Gasteiger partial charge in [-0.1, -0.05) is 39.9 Å². The predicted molar refractivity (Wildman–Crippen MR) is 100 cm³/mol. The number of nitro benzene ring substituents is 1. The summed E-state index contributed by atoms with van der Waals surface area (Å²) in [7, 11) is -3.90. The highest BCUT2D eigenvalue weighted by Gasteiger charge is 2.19. The Balaban J connectivity index is 1.95. The van der Waals surface area contributed by atoms with Crippen molar-refractivity contribution in [2.45, 2.75) is 11.8 Å². The molecule has 0 unspecified atom stereocenters. The number of halogens is 1. The number of non-ortho nitro benzene ring substituents is 1. The third kappa shape index (κ3) is 5.56. The lowest BCUT2D eigenvalue weighted by Gasteiger charge is -2.07. The Morgan fingerprint density at radius 1 is 1.23 bits per heavy atom. The first-order valence-corrected chi connectivity index (χ1v) is 9.66. The molecule has 0 aliphatic rings. The molecule has 0 saturated carbocycles. The van der Waals surface area contributed by atoms with Gasteiger partial charge in [-0.05, 0) is 30.7 Å². The Labute approximate surface area is 159 Å². The second kappa shape index (κ2) is 8.80. The molecule has 0 aliphatic carbocycles. The predicted octanol–water partition coefficient (Wildman–Crippen LogP) is 3.03. The van der Waals surface area contributed by atoms with Crippen molar-refractivity contribution in [2.75, 3.05) is 13.2 Å². The molecule has 0 saturated heterocycles. The lowest BCUT2D eigenvalue weighted by molar-refractivity contribution is -0.385. The number of nitrogens with zero attached hydrogens (tertiary/aromatic N) is 1. The summed E-state index contributed by atoms with van der Waals surface area (Å²) in [6, 6.07) is 10.9. The van der Waals surface area contributed by atoms with Gasteiger partial charge in [0.2, 0.25) is 10.0 Å². The Kier molecular flexibility index (Phi) is 6.74. The number of nitrogens with one attached hydrogen (secondary N) is 1. The van der Waals surface area contributed by atoms with Crippen LogP contribution in [0.4, 0.5) is 5.69 Å². The zero-order valence-electron chi connectivity index (χ0n) is 13.7. The molecule has 2 rings (SSSR count). The summed E-state index contributed by atoms with van der Waals surface area (Å²) in [5.41, 5.74) is 0.124. The van der Waals surface area contributed by atoms with Crippen molar-refractivity contribution in [3.8, 4) is 17.6 Å². The molecule has 1 N–H and O–H groups in total. The number of sulfonamides is 1. The van der Waals surface area contributed by atoms with Crippen LogP contribution in [0.2, 0.25) is 0 Å². The van der Waals surface area contributed by atoms with E-state index in [0.717, 1.165) is 10.5 Å². The van der Waals surface area contributed by atoms with E-state index in [9.17, 15) is 18.5 Å². The monoisotopic (exact) mass is 438 g/mol. The average molecular weight is 439 g/mol. The maximum atomic E-state index is 12.3. The first-order valence-electron chi connectivity index (χ1n) is 7.38. The molecule has 0 aliphatic heterocycles. The number of aryl methyl sites for hydroxylation is 1. The van der Waals surface area contributed by atoms with Crippen molar-refractivity contribution in [1.82, 2.24) is 4.72 Å². The van der Waals surface area contributed by atoms with Gasteiger partial charge in [0.25, 0.3) is 5.69 Å². The van der Waals surface area contributed by atoms with E-state index >= 15 is 0 Å². The van der Waals surface area contributed by atoms with Gasteiger partial charge in [0.05, 0.1) is 16.4 Å². The van der Waals surface area contributed by atoms with E-state index in [0.29, 0.717) is 11.3 Å². The molecule has 0 bridgehead atoms. The maximum Gasteiger partial charge on any atom is 0.270 e. The van der Waals surface area contributed by atoms with Gasteiger partial charge >= 0.3 is 0 Å². The topological polar surface area (TPSA) is 98.5 Å². The van der Waals surface area contributed by atoms with E-state index in [1.807, 2.05) is 12.1 Å². The average Bonchev–Trinajstić information content (AvgIpc) is 2.58. The van der Waals surface area contributed by atoms with Crippen LogP contribution in [0.25, 0.3) is 0 Å². The normalized spacial score (nSPS) is 10.7. The lowest BCUT2D eigenvalue weighted by atomic mass is 10.2. The van der Waals surface area contributed by atoms with E-state index in [2.05, 4.69) is 32.5 Å². The fourth-order valence-corrected chi connectivity index (χ4v) is 3.55. The van der Waals surface area contributed by atoms with Crippen LogP contribution in [0.5, 0.6) is 5.75 Å². The number of ether oxygens (including phenoxy) is 1. The van der Waals surface area contributed by atoms with Gasteiger partial charge in [0.1, 0.15) is 12.4 Å². The highest BCUT2D eigenvalue weighted by molar-refractivity contribution is 9.10. The van der Waals surface area contributed by atoms with E-state index in [4.69, 9.17) is 4.74 Å². The van der Waals surface area contributed by atoms with Crippen molar-refractivity contribution in [1.29, 1.82) is 0 Å². The molecular formula is C17H15BrN2O5S. The van der Waals surface area contributed by atoms with Crippen LogP contribution in [0.15, 0.2) is 51.8 Å². The second-order valence-electron chi connectivity index (χ2n) is 5.13. The zero-order valence-corrected chi connectivity index (χ0v) is 16.1. The fourth-order valence-electron chi connectivity index (χ4n) is 1.99. The molecule has 9 heteroatoms. The van der Waals surface area contributed by atoms with Crippen molar-refractivity contribution in [3.63, 3.8) is 0 Å². The highest BCUT2D eigenvalue weighted by atomic mass is 79.9. The molecule has 136 valence electrons. The van der Waals surface area contributed by atoms with Gasteiger partial charge < -0.3 is 4.74 Å². The third-order valence-electron chi connectivity index (χ3n) is 3.25. The Hall–Kier alpha value is -2.41. The van der Waals surface area contributed by atoms with Gasteiger partial charge in [-0.15, -0.1) is 0 Å². The Morgan fingerprint density at radius 3 is 2.69 bits per heavy atom. The smallest absolute Gasteiger partial charge is 0.270 e. The third-order valence-corrected chi connectivity index (χ3v) is 5.29. The summed E-state index contributed by atoms with van der Waals surface area (Å²) in [6.45, 7) is 1.54. The van der Waals surface area contributed by atoms with Crippen molar-refractivity contribution in [3.05, 3.63) is 62.6 Å². The molecule has 0 amide bonds.